The zero-order valence-electron chi connectivity index (χ0n) is 12.3. The minimum atomic E-state index is -0.239. The fourth-order valence-electron chi connectivity index (χ4n) is 1.94. The van der Waals surface area contributed by atoms with Gasteiger partial charge >= 0.3 is 0 Å². The molecule has 0 aliphatic carbocycles. The summed E-state index contributed by atoms with van der Waals surface area (Å²) in [5, 5.41) is 5.88. The fraction of sp³-hybridized carbons (Fsp3) is 0.0588. The van der Waals surface area contributed by atoms with Crippen LogP contribution in [0.3, 0.4) is 0 Å². The second-order valence-electron chi connectivity index (χ2n) is 4.82. The van der Waals surface area contributed by atoms with E-state index in [0.717, 1.165) is 11.3 Å². The quantitative estimate of drug-likeness (QED) is 0.757. The van der Waals surface area contributed by atoms with Gasteiger partial charge in [-0.15, -0.1) is 0 Å². The lowest BCUT2D eigenvalue weighted by Gasteiger charge is -2.06. The van der Waals surface area contributed by atoms with Crippen molar-refractivity contribution < 1.29 is 4.79 Å². The molecule has 0 spiro atoms. The maximum Gasteiger partial charge on any atom is 0.258 e. The molecule has 0 unspecified atom stereocenters. The average molecular weight is 305 g/mol. The van der Waals surface area contributed by atoms with Crippen LogP contribution in [-0.2, 0) is 6.54 Å². The van der Waals surface area contributed by atoms with E-state index in [1.807, 2.05) is 42.5 Å². The third-order valence-corrected chi connectivity index (χ3v) is 3.15. The van der Waals surface area contributed by atoms with Gasteiger partial charge in [0.25, 0.3) is 5.91 Å². The van der Waals surface area contributed by atoms with Crippen LogP contribution >= 0.6 is 0 Å². The first-order chi connectivity index (χ1) is 11.3. The summed E-state index contributed by atoms with van der Waals surface area (Å²) < 4.78 is 0. The van der Waals surface area contributed by atoms with Gasteiger partial charge in [0, 0.05) is 37.0 Å². The standard InChI is InChI=1S/C17H15N5O/c23-16(22-15-4-2-1-3-5-15)14-11-20-17(21-12-14)19-10-13-6-8-18-9-7-13/h1-9,11-12H,10H2,(H,22,23)(H,19,20,21). The van der Waals surface area contributed by atoms with Gasteiger partial charge in [-0.05, 0) is 29.8 Å². The number of carbonyl (C=O) groups is 1. The first-order valence-corrected chi connectivity index (χ1v) is 7.12. The number of para-hydroxylation sites is 1. The lowest BCUT2D eigenvalue weighted by molar-refractivity contribution is 0.102. The topological polar surface area (TPSA) is 79.8 Å². The number of rotatable bonds is 5. The number of hydrogen-bond acceptors (Lipinski definition) is 5. The van der Waals surface area contributed by atoms with Gasteiger partial charge in [-0.1, -0.05) is 18.2 Å². The van der Waals surface area contributed by atoms with Gasteiger partial charge in [0.2, 0.25) is 5.95 Å². The van der Waals surface area contributed by atoms with Crippen molar-refractivity contribution in [2.75, 3.05) is 10.6 Å². The zero-order valence-corrected chi connectivity index (χ0v) is 12.3. The first kappa shape index (κ1) is 14.6. The van der Waals surface area contributed by atoms with Gasteiger partial charge in [-0.3, -0.25) is 9.78 Å². The van der Waals surface area contributed by atoms with E-state index in [1.165, 1.54) is 12.4 Å². The van der Waals surface area contributed by atoms with E-state index in [-0.39, 0.29) is 5.91 Å². The van der Waals surface area contributed by atoms with E-state index < -0.39 is 0 Å². The van der Waals surface area contributed by atoms with Crippen molar-refractivity contribution in [3.63, 3.8) is 0 Å². The van der Waals surface area contributed by atoms with Crippen LogP contribution in [0.5, 0.6) is 0 Å². The molecule has 0 aliphatic heterocycles. The third kappa shape index (κ3) is 4.10. The number of hydrogen-bond donors (Lipinski definition) is 2. The predicted octanol–water partition coefficient (Wildman–Crippen LogP) is 2.74. The van der Waals surface area contributed by atoms with Crippen molar-refractivity contribution in [3.8, 4) is 0 Å². The smallest absolute Gasteiger partial charge is 0.258 e. The van der Waals surface area contributed by atoms with Gasteiger partial charge in [0.1, 0.15) is 0 Å². The number of nitrogens with zero attached hydrogens (tertiary/aromatic N) is 3. The Labute approximate surface area is 133 Å². The number of nitrogens with one attached hydrogen (secondary N) is 2. The number of benzene rings is 1. The Bertz CT molecular complexity index is 760. The van der Waals surface area contributed by atoms with Crippen LogP contribution < -0.4 is 10.6 Å². The van der Waals surface area contributed by atoms with Crippen LogP contribution in [0, 0.1) is 0 Å². The molecule has 3 rings (SSSR count). The zero-order chi connectivity index (χ0) is 15.9. The van der Waals surface area contributed by atoms with Gasteiger partial charge < -0.3 is 10.6 Å². The molecule has 3 aromatic rings. The van der Waals surface area contributed by atoms with Crippen molar-refractivity contribution in [1.29, 1.82) is 0 Å². The summed E-state index contributed by atoms with van der Waals surface area (Å²) in [6.45, 7) is 0.595. The molecule has 0 saturated heterocycles. The summed E-state index contributed by atoms with van der Waals surface area (Å²) in [7, 11) is 0. The van der Waals surface area contributed by atoms with E-state index in [0.29, 0.717) is 18.1 Å². The molecule has 2 heterocycles. The van der Waals surface area contributed by atoms with Crippen LogP contribution in [0.4, 0.5) is 11.6 Å². The molecule has 0 saturated carbocycles. The molecule has 6 heteroatoms. The summed E-state index contributed by atoms with van der Waals surface area (Å²) in [6.07, 6.45) is 6.46. The van der Waals surface area contributed by atoms with E-state index in [9.17, 15) is 4.79 Å². The van der Waals surface area contributed by atoms with Crippen LogP contribution in [0.25, 0.3) is 0 Å². The Hall–Kier alpha value is -3.28. The Balaban J connectivity index is 1.59. The largest absolute Gasteiger partial charge is 0.350 e. The summed E-state index contributed by atoms with van der Waals surface area (Å²) in [5.41, 5.74) is 2.22. The number of anilines is 2. The van der Waals surface area contributed by atoms with Gasteiger partial charge in [-0.2, -0.15) is 0 Å². The van der Waals surface area contributed by atoms with Crippen LogP contribution in [0.2, 0.25) is 0 Å². The normalized spacial score (nSPS) is 10.1. The van der Waals surface area contributed by atoms with Gasteiger partial charge in [0.05, 0.1) is 5.56 Å². The fourth-order valence-corrected chi connectivity index (χ4v) is 1.94. The third-order valence-electron chi connectivity index (χ3n) is 3.15. The van der Waals surface area contributed by atoms with E-state index >= 15 is 0 Å². The second-order valence-corrected chi connectivity index (χ2v) is 4.82. The maximum atomic E-state index is 12.1. The molecule has 0 bridgehead atoms. The number of pyridine rings is 1. The number of carbonyl (C=O) groups excluding carboxylic acids is 1. The molecule has 2 N–H and O–H groups in total. The SMILES string of the molecule is O=C(Nc1ccccc1)c1cnc(NCc2ccncc2)nc1. The molecule has 6 nitrogen and oxygen atoms in total. The monoisotopic (exact) mass is 305 g/mol. The number of amides is 1. The molecule has 0 radical (unpaired) electrons. The number of aromatic nitrogens is 3. The lowest BCUT2D eigenvalue weighted by atomic mass is 10.2. The van der Waals surface area contributed by atoms with Crippen molar-refractivity contribution in [2.45, 2.75) is 6.54 Å². The van der Waals surface area contributed by atoms with Crippen LogP contribution in [0.1, 0.15) is 15.9 Å². The van der Waals surface area contributed by atoms with Crippen molar-refractivity contribution in [3.05, 3.63) is 78.4 Å². The van der Waals surface area contributed by atoms with Gasteiger partial charge in [0.15, 0.2) is 0 Å². The highest BCUT2D eigenvalue weighted by Gasteiger charge is 2.07. The summed E-state index contributed by atoms with van der Waals surface area (Å²) in [4.78, 5) is 24.4. The predicted molar refractivity (Wildman–Crippen MR) is 88.0 cm³/mol. The highest BCUT2D eigenvalue weighted by Crippen LogP contribution is 2.09. The first-order valence-electron chi connectivity index (χ1n) is 7.12. The molecule has 1 aromatic carbocycles. The minimum Gasteiger partial charge on any atom is -0.350 e. The minimum absolute atomic E-state index is 0.239. The lowest BCUT2D eigenvalue weighted by Crippen LogP contribution is -2.13. The molecule has 1 amide bonds. The van der Waals surface area contributed by atoms with E-state index in [1.54, 1.807) is 12.4 Å². The molecule has 23 heavy (non-hydrogen) atoms. The average Bonchev–Trinajstić information content (AvgIpc) is 2.62. The highest BCUT2D eigenvalue weighted by atomic mass is 16.1. The molecule has 0 fully saturated rings. The Morgan fingerprint density at radius 3 is 2.35 bits per heavy atom. The second kappa shape index (κ2) is 7.13. The van der Waals surface area contributed by atoms with Crippen molar-refractivity contribution in [1.82, 2.24) is 15.0 Å². The van der Waals surface area contributed by atoms with Crippen molar-refractivity contribution in [2.24, 2.45) is 0 Å². The Kier molecular flexibility index (Phi) is 4.54. The van der Waals surface area contributed by atoms with Crippen molar-refractivity contribution >= 4 is 17.5 Å². The highest BCUT2D eigenvalue weighted by molar-refractivity contribution is 6.03. The Morgan fingerprint density at radius 2 is 1.65 bits per heavy atom. The summed E-state index contributed by atoms with van der Waals surface area (Å²) in [6, 6.07) is 13.1. The Morgan fingerprint density at radius 1 is 0.957 bits per heavy atom. The molecular formula is C17H15N5O. The molecule has 0 aliphatic rings. The molecule has 0 atom stereocenters. The summed E-state index contributed by atoms with van der Waals surface area (Å²) >= 11 is 0. The molecular weight excluding hydrogens is 290 g/mol. The molecule has 114 valence electrons. The van der Waals surface area contributed by atoms with Gasteiger partial charge in [-0.25, -0.2) is 9.97 Å². The summed E-state index contributed by atoms with van der Waals surface area (Å²) in [5.74, 6) is 0.231. The van der Waals surface area contributed by atoms with Crippen LogP contribution in [0.15, 0.2) is 67.3 Å². The maximum absolute atomic E-state index is 12.1. The van der Waals surface area contributed by atoms with E-state index in [4.69, 9.17) is 0 Å². The molecule has 2 aromatic heterocycles. The van der Waals surface area contributed by atoms with Crippen LogP contribution in [-0.4, -0.2) is 20.9 Å². The van der Waals surface area contributed by atoms with E-state index in [2.05, 4.69) is 25.6 Å².